The van der Waals surface area contributed by atoms with Crippen molar-refractivity contribution < 1.29 is 23.9 Å². The average molecular weight is 638 g/mol. The van der Waals surface area contributed by atoms with Crippen LogP contribution in [0.5, 0.6) is 11.6 Å². The molecule has 6 rings (SSSR count). The summed E-state index contributed by atoms with van der Waals surface area (Å²) in [6.07, 6.45) is 2.62. The van der Waals surface area contributed by atoms with E-state index in [4.69, 9.17) is 19.6 Å². The van der Waals surface area contributed by atoms with Gasteiger partial charge < -0.3 is 25.0 Å². The highest BCUT2D eigenvalue weighted by Crippen LogP contribution is 2.28. The lowest BCUT2D eigenvalue weighted by Gasteiger charge is -2.26. The molecule has 12 nitrogen and oxygen atoms in total. The molecule has 4 aromatic rings. The van der Waals surface area contributed by atoms with Crippen molar-refractivity contribution in [3.63, 3.8) is 0 Å². The van der Waals surface area contributed by atoms with Crippen LogP contribution in [0.2, 0.25) is 0 Å². The minimum Gasteiger partial charge on any atom is -0.492 e. The molecule has 12 heteroatoms. The molecule has 0 radical (unpaired) electrons. The van der Waals surface area contributed by atoms with E-state index < -0.39 is 11.9 Å². The second-order valence-corrected chi connectivity index (χ2v) is 12.0. The molecular formula is C35H39N7O5. The zero-order chi connectivity index (χ0) is 32.9. The van der Waals surface area contributed by atoms with Crippen molar-refractivity contribution in [3.05, 3.63) is 88.9 Å². The lowest BCUT2D eigenvalue weighted by Crippen LogP contribution is -2.46. The summed E-state index contributed by atoms with van der Waals surface area (Å²) in [5, 5.41) is 10.8. The normalized spacial score (nSPS) is 17.2. The molecule has 0 unspecified atom stereocenters. The van der Waals surface area contributed by atoms with Crippen molar-refractivity contribution in [1.29, 1.82) is 0 Å². The van der Waals surface area contributed by atoms with Gasteiger partial charge in [-0.1, -0.05) is 50.2 Å². The zero-order valence-electron chi connectivity index (χ0n) is 26.9. The summed E-state index contributed by atoms with van der Waals surface area (Å²) < 4.78 is 13.3. The van der Waals surface area contributed by atoms with Crippen molar-refractivity contribution in [2.24, 2.45) is 5.92 Å². The summed E-state index contributed by atoms with van der Waals surface area (Å²) in [6, 6.07) is 17.9. The average Bonchev–Trinajstić information content (AvgIpc) is 3.72. The third-order valence-corrected chi connectivity index (χ3v) is 8.39. The molecular weight excluding hydrogens is 598 g/mol. The van der Waals surface area contributed by atoms with E-state index in [-0.39, 0.29) is 55.4 Å². The van der Waals surface area contributed by atoms with E-state index in [0.29, 0.717) is 29.5 Å². The fourth-order valence-corrected chi connectivity index (χ4v) is 5.95. The Morgan fingerprint density at radius 2 is 1.81 bits per heavy atom. The summed E-state index contributed by atoms with van der Waals surface area (Å²) in [6.45, 7) is 4.54. The molecule has 2 aromatic carbocycles. The summed E-state index contributed by atoms with van der Waals surface area (Å²) in [7, 11) is 1.48. The number of pyridine rings is 1. The Hall–Kier alpha value is -5.26. The van der Waals surface area contributed by atoms with Crippen molar-refractivity contribution in [3.8, 4) is 23.0 Å². The smallest absolute Gasteiger partial charge is 0.259 e. The van der Waals surface area contributed by atoms with Crippen molar-refractivity contribution >= 4 is 17.7 Å². The molecule has 1 atom stereocenters. The van der Waals surface area contributed by atoms with Crippen LogP contribution in [0, 0.1) is 5.92 Å². The number of benzene rings is 2. The van der Waals surface area contributed by atoms with E-state index in [9.17, 15) is 14.4 Å². The molecule has 0 spiro atoms. The van der Waals surface area contributed by atoms with E-state index in [1.54, 1.807) is 28.9 Å². The fourth-order valence-electron chi connectivity index (χ4n) is 5.95. The number of amides is 3. The predicted molar refractivity (Wildman–Crippen MR) is 174 cm³/mol. The Kier molecular flexibility index (Phi) is 9.46. The first-order valence-electron chi connectivity index (χ1n) is 16.0. The van der Waals surface area contributed by atoms with Gasteiger partial charge in [-0.05, 0) is 55.0 Å². The number of rotatable bonds is 4. The number of hydrogen-bond acceptors (Lipinski definition) is 8. The van der Waals surface area contributed by atoms with E-state index >= 15 is 0 Å². The van der Waals surface area contributed by atoms with Crippen LogP contribution in [0.3, 0.4) is 0 Å². The number of carbonyl (C=O) groups excluding carboxylic acids is 3. The van der Waals surface area contributed by atoms with Crippen molar-refractivity contribution in [2.45, 2.75) is 45.7 Å². The lowest BCUT2D eigenvalue weighted by molar-refractivity contribution is -0.123. The number of aromatic nitrogens is 4. The fraction of sp³-hybridized carbons (Fsp3) is 0.371. The number of fused-ring (bicyclic) bond motifs is 4. The van der Waals surface area contributed by atoms with Crippen LogP contribution in [-0.4, -0.2) is 75.7 Å². The first kappa shape index (κ1) is 31.7. The number of carbonyl (C=O) groups is 3. The third-order valence-electron chi connectivity index (χ3n) is 8.39. The molecule has 1 aliphatic heterocycles. The molecule has 244 valence electrons. The van der Waals surface area contributed by atoms with E-state index in [1.807, 2.05) is 50.2 Å². The van der Waals surface area contributed by atoms with Gasteiger partial charge in [0.15, 0.2) is 11.6 Å². The largest absolute Gasteiger partial charge is 0.492 e. The summed E-state index contributed by atoms with van der Waals surface area (Å²) in [5.41, 5.74) is 3.48. The quantitative estimate of drug-likeness (QED) is 0.346. The number of hydrogen-bond donors (Lipinski definition) is 2. The maximum atomic E-state index is 14.1. The molecule has 0 fully saturated rings. The number of nitrogens with zero attached hydrogens (tertiary/aromatic N) is 5. The van der Waals surface area contributed by atoms with Gasteiger partial charge in [-0.3, -0.25) is 14.4 Å². The third kappa shape index (κ3) is 7.11. The second kappa shape index (κ2) is 14.0. The van der Waals surface area contributed by atoms with Crippen LogP contribution in [0.1, 0.15) is 64.1 Å². The monoisotopic (exact) mass is 637 g/mol. The highest BCUT2D eigenvalue weighted by molar-refractivity contribution is 5.99. The lowest BCUT2D eigenvalue weighted by atomic mass is 10.0. The molecule has 3 heterocycles. The minimum atomic E-state index is -0.515. The first-order chi connectivity index (χ1) is 22.8. The van der Waals surface area contributed by atoms with Gasteiger partial charge in [0.25, 0.3) is 11.8 Å². The van der Waals surface area contributed by atoms with Crippen LogP contribution in [0.4, 0.5) is 0 Å². The van der Waals surface area contributed by atoms with Gasteiger partial charge >= 0.3 is 0 Å². The number of methoxy groups -OCH3 is 1. The Morgan fingerprint density at radius 3 is 2.60 bits per heavy atom. The molecule has 2 aromatic heterocycles. The van der Waals surface area contributed by atoms with Crippen molar-refractivity contribution in [1.82, 2.24) is 35.3 Å². The van der Waals surface area contributed by atoms with Gasteiger partial charge in [0.05, 0.1) is 26.2 Å². The molecule has 0 saturated heterocycles. The second-order valence-electron chi connectivity index (χ2n) is 12.0. The van der Waals surface area contributed by atoms with Gasteiger partial charge in [-0.2, -0.15) is 5.10 Å². The van der Waals surface area contributed by atoms with E-state index in [2.05, 4.69) is 15.6 Å². The topological polar surface area (TPSA) is 141 Å². The molecule has 2 aliphatic rings. The maximum absolute atomic E-state index is 14.1. The number of ether oxygens (including phenoxy) is 2. The summed E-state index contributed by atoms with van der Waals surface area (Å²) in [4.78, 5) is 51.9. The summed E-state index contributed by atoms with van der Waals surface area (Å²) >= 11 is 0. The highest BCUT2D eigenvalue weighted by Gasteiger charge is 2.30. The van der Waals surface area contributed by atoms with Gasteiger partial charge in [-0.25, -0.2) is 14.6 Å². The van der Waals surface area contributed by atoms with E-state index in [0.717, 1.165) is 36.1 Å². The number of aryl methyl sites for hydroxylation is 2. The Labute approximate surface area is 273 Å². The van der Waals surface area contributed by atoms with Gasteiger partial charge in [0.2, 0.25) is 11.8 Å². The molecule has 0 saturated carbocycles. The minimum absolute atomic E-state index is 0.0605. The maximum Gasteiger partial charge on any atom is 0.259 e. The Bertz CT molecular complexity index is 1770. The van der Waals surface area contributed by atoms with Crippen LogP contribution in [-0.2, 0) is 24.2 Å². The zero-order valence-corrected chi connectivity index (χ0v) is 26.9. The molecule has 2 N–H and O–H groups in total. The Balaban J connectivity index is 1.36. The molecule has 47 heavy (non-hydrogen) atoms. The SMILES string of the molecule is COc1nc2c(cc1C(=O)N1CCNC(=O)c3cccc(c3)OCCn3nc(-c4ccccc4)nc3[C@H](C(C)C)NC(=O)C1)CCC2. The van der Waals surface area contributed by atoms with Gasteiger partial charge in [-0.15, -0.1) is 0 Å². The predicted octanol–water partition coefficient (Wildman–Crippen LogP) is 3.62. The Morgan fingerprint density at radius 1 is 1.00 bits per heavy atom. The molecule has 2 bridgehead atoms. The molecule has 1 aliphatic carbocycles. The van der Waals surface area contributed by atoms with Crippen molar-refractivity contribution in [2.75, 3.05) is 33.4 Å². The summed E-state index contributed by atoms with van der Waals surface area (Å²) in [5.74, 6) is 0.705. The van der Waals surface area contributed by atoms with Gasteiger partial charge in [0.1, 0.15) is 17.9 Å². The van der Waals surface area contributed by atoms with Crippen LogP contribution in [0.25, 0.3) is 11.4 Å². The molecule has 3 amide bonds. The van der Waals surface area contributed by atoms with Crippen LogP contribution >= 0.6 is 0 Å². The highest BCUT2D eigenvalue weighted by atomic mass is 16.5. The van der Waals surface area contributed by atoms with Gasteiger partial charge in [0, 0.05) is 29.9 Å². The van der Waals surface area contributed by atoms with E-state index in [1.165, 1.54) is 12.0 Å². The first-order valence-corrected chi connectivity index (χ1v) is 16.0. The van der Waals surface area contributed by atoms with Crippen LogP contribution < -0.4 is 20.1 Å². The van der Waals surface area contributed by atoms with Crippen LogP contribution in [0.15, 0.2) is 60.7 Å². The standard InChI is InChI=1S/C35H39N7O5/c1-22(2)30-32-39-31(23-9-5-4-6-10-23)40-42(32)17-18-47-26-13-7-12-25(19-26)33(44)36-15-16-41(21-29(43)38-30)35(45)27-20-24-11-8-14-28(24)37-34(27)46-3/h4-7,9-10,12-13,19-20,22,30H,8,11,14-18,21H2,1-3H3,(H,36,44)(H,38,43)/t30-/m0/s1. The number of nitrogens with one attached hydrogen (secondary N) is 2.